The van der Waals surface area contributed by atoms with Crippen LogP contribution in [0.15, 0.2) is 29.2 Å². The van der Waals surface area contributed by atoms with Gasteiger partial charge < -0.3 is 10.6 Å². The van der Waals surface area contributed by atoms with E-state index in [4.69, 9.17) is 0 Å². The zero-order valence-corrected chi connectivity index (χ0v) is 16.7. The predicted molar refractivity (Wildman–Crippen MR) is 99.8 cm³/mol. The van der Waals surface area contributed by atoms with Crippen LogP contribution in [-0.4, -0.2) is 24.0 Å². The fourth-order valence-corrected chi connectivity index (χ4v) is 4.06. The monoisotopic (exact) mass is 441 g/mol. The molecule has 2 aliphatic rings. The van der Waals surface area contributed by atoms with E-state index in [2.05, 4.69) is 16.0 Å². The van der Waals surface area contributed by atoms with Crippen molar-refractivity contribution in [2.75, 3.05) is 0 Å². The van der Waals surface area contributed by atoms with Crippen molar-refractivity contribution >= 4 is 22.0 Å². The Morgan fingerprint density at radius 1 is 1.10 bits per heavy atom. The lowest BCUT2D eigenvalue weighted by Gasteiger charge is -2.40. The molecule has 3 N–H and O–H groups in total. The fourth-order valence-electron chi connectivity index (χ4n) is 3.41. The molecule has 0 bridgehead atoms. The maximum Gasteiger partial charge on any atom is 0.310 e. The SMILES string of the molecule is CC(C)[C@@H](NC(=O)C1CC(=O)NC(C2CC2)N1)c1ccc(S(F)(F)(F)(F)F)cc1. The van der Waals surface area contributed by atoms with Crippen molar-refractivity contribution < 1.29 is 29.0 Å². The summed E-state index contributed by atoms with van der Waals surface area (Å²) in [5.41, 5.74) is 0.276. The summed E-state index contributed by atoms with van der Waals surface area (Å²) in [6.07, 6.45) is 1.59. The molecule has 1 aromatic carbocycles. The molecule has 29 heavy (non-hydrogen) atoms. The van der Waals surface area contributed by atoms with E-state index in [1.807, 2.05) is 0 Å². The molecule has 1 aliphatic carbocycles. The molecule has 0 aromatic heterocycles. The molecule has 1 aromatic rings. The largest absolute Gasteiger partial charge is 0.348 e. The maximum absolute atomic E-state index is 12.9. The van der Waals surface area contributed by atoms with Gasteiger partial charge in [-0.2, -0.15) is 0 Å². The van der Waals surface area contributed by atoms with Gasteiger partial charge in [-0.1, -0.05) is 45.4 Å². The van der Waals surface area contributed by atoms with Gasteiger partial charge in [0.25, 0.3) is 0 Å². The van der Waals surface area contributed by atoms with Gasteiger partial charge in [-0.15, -0.1) is 0 Å². The topological polar surface area (TPSA) is 70.2 Å². The molecule has 2 fully saturated rings. The molecule has 1 saturated carbocycles. The Kier molecular flexibility index (Phi) is 4.94. The van der Waals surface area contributed by atoms with Gasteiger partial charge in [0.05, 0.1) is 24.7 Å². The van der Waals surface area contributed by atoms with Gasteiger partial charge in [-0.3, -0.25) is 14.9 Å². The Morgan fingerprint density at radius 3 is 2.17 bits per heavy atom. The molecule has 1 saturated heterocycles. The summed E-state index contributed by atoms with van der Waals surface area (Å²) >= 11 is 0. The van der Waals surface area contributed by atoms with Crippen LogP contribution in [0.4, 0.5) is 19.4 Å². The Hall–Kier alpha value is -1.88. The molecule has 2 amide bonds. The van der Waals surface area contributed by atoms with Crippen LogP contribution in [0, 0.1) is 11.8 Å². The van der Waals surface area contributed by atoms with Crippen LogP contribution in [0.5, 0.6) is 0 Å². The second-order valence-electron chi connectivity index (χ2n) is 8.07. The van der Waals surface area contributed by atoms with E-state index in [1.165, 1.54) is 0 Å². The quantitative estimate of drug-likeness (QED) is 0.574. The second kappa shape index (κ2) is 6.56. The lowest BCUT2D eigenvalue weighted by Crippen LogP contribution is -2.61. The van der Waals surface area contributed by atoms with E-state index < -0.39 is 33.1 Å². The van der Waals surface area contributed by atoms with Gasteiger partial charge in [-0.05, 0) is 42.4 Å². The Balaban J connectivity index is 1.75. The minimum Gasteiger partial charge on any atom is -0.348 e. The highest BCUT2D eigenvalue weighted by Gasteiger charge is 2.65. The highest BCUT2D eigenvalue weighted by Crippen LogP contribution is 3.02. The number of halogens is 5. The van der Waals surface area contributed by atoms with Crippen LogP contribution < -0.4 is 16.0 Å². The summed E-state index contributed by atoms with van der Waals surface area (Å²) in [6.45, 7) is 3.49. The van der Waals surface area contributed by atoms with Gasteiger partial charge in [0.15, 0.2) is 0 Å². The van der Waals surface area contributed by atoms with Crippen LogP contribution in [0.1, 0.15) is 44.7 Å². The van der Waals surface area contributed by atoms with Crippen molar-refractivity contribution in [1.82, 2.24) is 16.0 Å². The molecular weight excluding hydrogens is 417 g/mol. The minimum atomic E-state index is -9.75. The van der Waals surface area contributed by atoms with Gasteiger partial charge in [0.1, 0.15) is 4.90 Å². The zero-order chi connectivity index (χ0) is 21.7. The van der Waals surface area contributed by atoms with Gasteiger partial charge in [-0.25, -0.2) is 0 Å². The summed E-state index contributed by atoms with van der Waals surface area (Å²) in [4.78, 5) is 22.6. The van der Waals surface area contributed by atoms with Crippen molar-refractivity contribution in [3.8, 4) is 0 Å². The molecule has 0 radical (unpaired) electrons. The van der Waals surface area contributed by atoms with E-state index in [1.54, 1.807) is 13.8 Å². The average Bonchev–Trinajstić information content (AvgIpc) is 3.42. The Bertz CT molecular complexity index is 810. The van der Waals surface area contributed by atoms with E-state index in [9.17, 15) is 29.0 Å². The number of amides is 2. The molecule has 1 aliphatic heterocycles. The minimum absolute atomic E-state index is 0.0526. The van der Waals surface area contributed by atoms with Crippen molar-refractivity contribution in [3.63, 3.8) is 0 Å². The van der Waals surface area contributed by atoms with E-state index in [-0.39, 0.29) is 35.9 Å². The smallest absolute Gasteiger partial charge is 0.310 e. The van der Waals surface area contributed by atoms with Gasteiger partial charge >= 0.3 is 10.2 Å². The number of benzene rings is 1. The third-order valence-electron chi connectivity index (χ3n) is 5.15. The normalized spacial score (nSPS) is 26.3. The van der Waals surface area contributed by atoms with Crippen molar-refractivity contribution in [1.29, 1.82) is 0 Å². The Labute approximate surface area is 165 Å². The number of hydrogen-bond donors (Lipinski definition) is 3. The summed E-state index contributed by atoms with van der Waals surface area (Å²) in [7, 11) is -9.75. The zero-order valence-electron chi connectivity index (χ0n) is 15.9. The van der Waals surface area contributed by atoms with Crippen LogP contribution in [0.3, 0.4) is 0 Å². The van der Waals surface area contributed by atoms with Crippen LogP contribution >= 0.6 is 10.2 Å². The number of nitrogens with one attached hydrogen (secondary N) is 3. The first-order chi connectivity index (χ1) is 13.1. The molecule has 1 heterocycles. The molecule has 3 atom stereocenters. The lowest BCUT2D eigenvalue weighted by molar-refractivity contribution is -0.132. The summed E-state index contributed by atoms with van der Waals surface area (Å²) in [5, 5.41) is 8.63. The van der Waals surface area contributed by atoms with E-state index in [0.717, 1.165) is 25.0 Å². The summed E-state index contributed by atoms with van der Waals surface area (Å²) in [5.74, 6) is -0.639. The van der Waals surface area contributed by atoms with Crippen LogP contribution in [0.2, 0.25) is 0 Å². The van der Waals surface area contributed by atoms with Crippen molar-refractivity contribution in [2.24, 2.45) is 11.8 Å². The Morgan fingerprint density at radius 2 is 1.69 bits per heavy atom. The van der Waals surface area contributed by atoms with E-state index in [0.29, 0.717) is 12.1 Å². The molecule has 3 rings (SSSR count). The van der Waals surface area contributed by atoms with E-state index >= 15 is 0 Å². The maximum atomic E-state index is 12.9. The predicted octanol–water partition coefficient (Wildman–Crippen LogP) is 4.37. The molecule has 0 spiro atoms. The number of rotatable bonds is 6. The molecule has 2 unspecified atom stereocenters. The van der Waals surface area contributed by atoms with Crippen LogP contribution in [-0.2, 0) is 9.59 Å². The first-order valence-corrected chi connectivity index (χ1v) is 11.3. The third-order valence-corrected chi connectivity index (χ3v) is 6.31. The summed E-state index contributed by atoms with van der Waals surface area (Å²) < 4.78 is 64.6. The van der Waals surface area contributed by atoms with Crippen molar-refractivity contribution in [3.05, 3.63) is 29.8 Å². The standard InChI is InChI=1S/C18H24F5N3O2S/c1-10(2)16(11-5-7-13(8-6-11)29(19,20,21,22)23)26-18(28)14-9-15(27)25-17(24-14)12-3-4-12/h5-8,10,12,14,16-17,24H,3-4,9H2,1-2H3,(H,25,27)(H,26,28)/t14?,16-,17?/m1/s1. The van der Waals surface area contributed by atoms with Gasteiger partial charge in [0.2, 0.25) is 11.8 Å². The van der Waals surface area contributed by atoms with Gasteiger partial charge in [0, 0.05) is 0 Å². The molecule has 5 nitrogen and oxygen atoms in total. The number of carbonyl (C=O) groups excluding carboxylic acids is 2. The number of hydrogen-bond acceptors (Lipinski definition) is 3. The number of carbonyl (C=O) groups is 2. The van der Waals surface area contributed by atoms with Crippen LogP contribution in [0.25, 0.3) is 0 Å². The second-order valence-corrected chi connectivity index (χ2v) is 10.5. The van der Waals surface area contributed by atoms with Crippen molar-refractivity contribution in [2.45, 2.75) is 56.3 Å². The fraction of sp³-hybridized carbons (Fsp3) is 0.556. The summed E-state index contributed by atoms with van der Waals surface area (Å²) in [6, 6.07) is 1.13. The molecule has 164 valence electrons. The lowest BCUT2D eigenvalue weighted by atomic mass is 9.95. The molecular formula is C18H24F5N3O2S. The first kappa shape index (κ1) is 21.8. The molecule has 11 heteroatoms. The highest BCUT2D eigenvalue weighted by molar-refractivity contribution is 8.45. The average molecular weight is 441 g/mol. The third kappa shape index (κ3) is 5.39. The highest BCUT2D eigenvalue weighted by atomic mass is 32.5. The first-order valence-electron chi connectivity index (χ1n) is 9.34.